The fourth-order valence-corrected chi connectivity index (χ4v) is 0.788. The maximum atomic E-state index is 9.95. The smallest absolute Gasteiger partial charge is 0.382 e. The highest BCUT2D eigenvalue weighted by Gasteiger charge is 2.17. The largest absolute Gasteiger partial charge is 0.695 e. The van der Waals surface area contributed by atoms with Gasteiger partial charge in [-0.05, 0) is 6.92 Å². The third-order valence-corrected chi connectivity index (χ3v) is 1.21. The minimum atomic E-state index is -2.48. The van der Waals surface area contributed by atoms with E-state index in [1.54, 1.807) is 6.92 Å². The van der Waals surface area contributed by atoms with Crippen molar-refractivity contribution in [3.8, 4) is 0 Å². The lowest BCUT2D eigenvalue weighted by atomic mass is 10.5. The van der Waals surface area contributed by atoms with Gasteiger partial charge in [0.1, 0.15) is 6.10 Å². The minimum absolute atomic E-state index is 0.316. The zero-order valence-electron chi connectivity index (χ0n) is 5.40. The molecule has 54 valence electrons. The van der Waals surface area contributed by atoms with Crippen LogP contribution in [0.1, 0.15) is 6.92 Å². The molecule has 0 amide bonds. The van der Waals surface area contributed by atoms with Crippen LogP contribution in [-0.4, -0.2) is 24.7 Å². The summed E-state index contributed by atoms with van der Waals surface area (Å²) in [6.07, 6.45) is -0.316. The van der Waals surface area contributed by atoms with Crippen LogP contribution in [0.25, 0.3) is 0 Å². The average molecular weight is 153 g/mol. The molecule has 0 bridgehead atoms. The SMILES string of the molecule is COCC(C)O[P+](=O)O. The topological polar surface area (TPSA) is 55.8 Å². The molecule has 0 aliphatic carbocycles. The summed E-state index contributed by atoms with van der Waals surface area (Å²) in [5.74, 6) is 0. The first-order chi connectivity index (χ1) is 4.16. The summed E-state index contributed by atoms with van der Waals surface area (Å²) in [5.41, 5.74) is 0. The van der Waals surface area contributed by atoms with Gasteiger partial charge in [0.2, 0.25) is 0 Å². The van der Waals surface area contributed by atoms with E-state index >= 15 is 0 Å². The highest BCUT2D eigenvalue weighted by molar-refractivity contribution is 7.32. The number of ether oxygens (including phenoxy) is 1. The van der Waals surface area contributed by atoms with E-state index in [1.807, 2.05) is 0 Å². The van der Waals surface area contributed by atoms with E-state index < -0.39 is 8.25 Å². The molecule has 9 heavy (non-hydrogen) atoms. The first-order valence-corrected chi connectivity index (χ1v) is 3.61. The first kappa shape index (κ1) is 8.98. The summed E-state index contributed by atoms with van der Waals surface area (Å²) < 4.78 is 19.0. The van der Waals surface area contributed by atoms with Gasteiger partial charge in [-0.15, -0.1) is 9.42 Å². The predicted molar refractivity (Wildman–Crippen MR) is 32.2 cm³/mol. The highest BCUT2D eigenvalue weighted by Crippen LogP contribution is 2.17. The van der Waals surface area contributed by atoms with Gasteiger partial charge in [0.25, 0.3) is 0 Å². The Balaban J connectivity index is 3.26. The summed E-state index contributed by atoms with van der Waals surface area (Å²) in [6.45, 7) is 1.99. The van der Waals surface area contributed by atoms with Crippen molar-refractivity contribution in [1.82, 2.24) is 0 Å². The molecule has 2 unspecified atom stereocenters. The minimum Gasteiger partial charge on any atom is -0.382 e. The molecule has 2 atom stereocenters. The fraction of sp³-hybridized carbons (Fsp3) is 1.00. The molecule has 1 N–H and O–H groups in total. The molecule has 0 aromatic carbocycles. The van der Waals surface area contributed by atoms with Crippen molar-refractivity contribution in [3.63, 3.8) is 0 Å². The molecule has 4 nitrogen and oxygen atoms in total. The van der Waals surface area contributed by atoms with Gasteiger partial charge in [0.05, 0.1) is 6.61 Å². The molecule has 5 heteroatoms. The second-order valence-electron chi connectivity index (χ2n) is 1.61. The van der Waals surface area contributed by atoms with Gasteiger partial charge >= 0.3 is 8.25 Å². The van der Waals surface area contributed by atoms with E-state index in [2.05, 4.69) is 9.26 Å². The molecule has 0 fully saturated rings. The van der Waals surface area contributed by atoms with E-state index in [4.69, 9.17) is 4.89 Å². The van der Waals surface area contributed by atoms with Gasteiger partial charge in [0.15, 0.2) is 0 Å². The molecule has 0 saturated carbocycles. The van der Waals surface area contributed by atoms with Crippen LogP contribution in [0.3, 0.4) is 0 Å². The van der Waals surface area contributed by atoms with Gasteiger partial charge < -0.3 is 4.74 Å². The Morgan fingerprint density at radius 2 is 2.33 bits per heavy atom. The van der Waals surface area contributed by atoms with Crippen LogP contribution < -0.4 is 0 Å². The van der Waals surface area contributed by atoms with Gasteiger partial charge in [-0.1, -0.05) is 0 Å². The van der Waals surface area contributed by atoms with Crippen molar-refractivity contribution < 1.29 is 18.7 Å². The Hall–Kier alpha value is -0.0200. The molecule has 0 aliphatic rings. The summed E-state index contributed by atoms with van der Waals surface area (Å²) in [4.78, 5) is 8.18. The van der Waals surface area contributed by atoms with E-state index in [-0.39, 0.29) is 6.10 Å². The van der Waals surface area contributed by atoms with Crippen molar-refractivity contribution in [1.29, 1.82) is 0 Å². The zero-order valence-corrected chi connectivity index (χ0v) is 6.30. The van der Waals surface area contributed by atoms with Crippen LogP contribution in [0.15, 0.2) is 0 Å². The van der Waals surface area contributed by atoms with Crippen molar-refractivity contribution in [2.75, 3.05) is 13.7 Å². The van der Waals surface area contributed by atoms with Crippen molar-refractivity contribution in [3.05, 3.63) is 0 Å². The second kappa shape index (κ2) is 4.82. The van der Waals surface area contributed by atoms with Crippen LogP contribution >= 0.6 is 8.25 Å². The van der Waals surface area contributed by atoms with Crippen LogP contribution in [0.2, 0.25) is 0 Å². The lowest BCUT2D eigenvalue weighted by molar-refractivity contribution is 0.0892. The Morgan fingerprint density at radius 1 is 1.78 bits per heavy atom. The molecule has 0 aromatic rings. The lowest BCUT2D eigenvalue weighted by Gasteiger charge is -1.98. The average Bonchev–Trinajstić information content (AvgIpc) is 1.63. The Kier molecular flexibility index (Phi) is 4.81. The number of rotatable bonds is 4. The summed E-state index contributed by atoms with van der Waals surface area (Å²) >= 11 is 0. The molecule has 0 rings (SSSR count). The molecule has 0 saturated heterocycles. The molecule has 0 radical (unpaired) electrons. The van der Waals surface area contributed by atoms with E-state index in [9.17, 15) is 4.57 Å². The Morgan fingerprint density at radius 3 is 2.67 bits per heavy atom. The molecule has 0 aromatic heterocycles. The maximum absolute atomic E-state index is 9.95. The van der Waals surface area contributed by atoms with Crippen LogP contribution in [0, 0.1) is 0 Å². The van der Waals surface area contributed by atoms with E-state index in [0.29, 0.717) is 6.61 Å². The van der Waals surface area contributed by atoms with E-state index in [1.165, 1.54) is 7.11 Å². The Labute approximate surface area is 54.7 Å². The lowest BCUT2D eigenvalue weighted by Crippen LogP contribution is -2.10. The summed E-state index contributed by atoms with van der Waals surface area (Å²) in [7, 11) is -0.977. The second-order valence-corrected chi connectivity index (χ2v) is 2.30. The standard InChI is InChI=1S/C4H9O4P/c1-4(3-7-2)8-9(5)6/h4H,3H2,1-2H3/p+1. The normalized spacial score (nSPS) is 15.2. The van der Waals surface area contributed by atoms with Crippen molar-refractivity contribution in [2.45, 2.75) is 13.0 Å². The molecular weight excluding hydrogens is 143 g/mol. The molecule has 0 aliphatic heterocycles. The first-order valence-electron chi connectivity index (χ1n) is 2.48. The van der Waals surface area contributed by atoms with Crippen LogP contribution in [0.5, 0.6) is 0 Å². The predicted octanol–water partition coefficient (Wildman–Crippen LogP) is 0.688. The van der Waals surface area contributed by atoms with Crippen LogP contribution in [-0.2, 0) is 13.8 Å². The van der Waals surface area contributed by atoms with Gasteiger partial charge in [-0.25, -0.2) is 0 Å². The quantitative estimate of drug-likeness (QED) is 0.603. The monoisotopic (exact) mass is 153 g/mol. The van der Waals surface area contributed by atoms with Gasteiger partial charge in [0, 0.05) is 11.7 Å². The number of hydrogen-bond donors (Lipinski definition) is 1. The molecule has 0 spiro atoms. The number of hydrogen-bond acceptors (Lipinski definition) is 3. The third-order valence-electron chi connectivity index (χ3n) is 0.671. The fourth-order valence-electron chi connectivity index (χ4n) is 0.419. The maximum Gasteiger partial charge on any atom is 0.695 e. The van der Waals surface area contributed by atoms with Crippen LogP contribution in [0.4, 0.5) is 0 Å². The Bertz CT molecular complexity index is 94.6. The van der Waals surface area contributed by atoms with E-state index in [0.717, 1.165) is 0 Å². The molecule has 0 heterocycles. The highest BCUT2D eigenvalue weighted by atomic mass is 31.1. The van der Waals surface area contributed by atoms with Gasteiger partial charge in [-0.2, -0.15) is 0 Å². The number of methoxy groups -OCH3 is 1. The third kappa shape index (κ3) is 5.86. The zero-order chi connectivity index (χ0) is 7.28. The summed E-state index contributed by atoms with van der Waals surface area (Å²) in [6, 6.07) is 0. The van der Waals surface area contributed by atoms with Gasteiger partial charge in [-0.3, -0.25) is 0 Å². The molecular formula is C4H10O4P+. The van der Waals surface area contributed by atoms with Crippen molar-refractivity contribution >= 4 is 8.25 Å². The van der Waals surface area contributed by atoms with Crippen molar-refractivity contribution in [2.24, 2.45) is 0 Å². The summed E-state index contributed by atoms with van der Waals surface area (Å²) in [5, 5.41) is 0.